The predicted octanol–water partition coefficient (Wildman–Crippen LogP) is 2.03. The number of nitrogens with zero attached hydrogens (tertiary/aromatic N) is 4. The van der Waals surface area contributed by atoms with Crippen molar-refractivity contribution in [3.05, 3.63) is 59.9 Å². The van der Waals surface area contributed by atoms with Crippen molar-refractivity contribution in [1.82, 2.24) is 19.5 Å². The second kappa shape index (κ2) is 6.95. The molecule has 2 heterocycles. The molecule has 0 spiro atoms. The third-order valence-electron chi connectivity index (χ3n) is 3.28. The Morgan fingerprint density at radius 3 is 2.68 bits per heavy atom. The minimum Gasteiger partial charge on any atom is -0.453 e. The highest BCUT2D eigenvalue weighted by atomic mass is 19.1. The molecule has 1 aromatic carbocycles. The van der Waals surface area contributed by atoms with Gasteiger partial charge in [-0.3, -0.25) is 0 Å². The molecule has 0 atom stereocenters. The van der Waals surface area contributed by atoms with Crippen LogP contribution in [-0.4, -0.2) is 25.5 Å². The van der Waals surface area contributed by atoms with Crippen molar-refractivity contribution in [1.29, 1.82) is 0 Å². The number of benzene rings is 1. The van der Waals surface area contributed by atoms with Gasteiger partial charge in [0.05, 0.1) is 0 Å². The number of nitrogens with one attached hydrogen (secondary N) is 1. The van der Waals surface area contributed by atoms with E-state index in [0.29, 0.717) is 11.4 Å². The molecule has 0 radical (unpaired) electrons. The van der Waals surface area contributed by atoms with Crippen LogP contribution in [0, 0.1) is 5.82 Å². The van der Waals surface area contributed by atoms with Crippen molar-refractivity contribution in [2.24, 2.45) is 7.05 Å². The van der Waals surface area contributed by atoms with Crippen molar-refractivity contribution >= 4 is 23.6 Å². The van der Waals surface area contributed by atoms with E-state index in [2.05, 4.69) is 20.3 Å². The third kappa shape index (κ3) is 4.08. The zero-order valence-electron chi connectivity index (χ0n) is 13.3. The fraction of sp³-hybridized carbons (Fsp3) is 0.125. The average Bonchev–Trinajstić information content (AvgIpc) is 3.00. The molecule has 3 rings (SSSR count). The van der Waals surface area contributed by atoms with Crippen LogP contribution in [0.5, 0.6) is 0 Å². The second-order valence-electron chi connectivity index (χ2n) is 5.15. The standard InChI is InChI=1S/C16H15FN6O2/c1-23-8-2-3-12(23)14(24)25-9-13-20-15(18)22-16(21-13)19-11-6-4-10(17)5-7-11/h2-8H,9H2,1H3,(H3,18,19,20,21,22). The third-order valence-corrected chi connectivity index (χ3v) is 3.28. The number of carbonyl (C=O) groups excluding carboxylic acids is 1. The molecule has 25 heavy (non-hydrogen) atoms. The van der Waals surface area contributed by atoms with E-state index in [-0.39, 0.29) is 30.1 Å². The van der Waals surface area contributed by atoms with Gasteiger partial charge in [-0.2, -0.15) is 15.0 Å². The lowest BCUT2D eigenvalue weighted by molar-refractivity contribution is 0.0451. The van der Waals surface area contributed by atoms with Gasteiger partial charge in [0, 0.05) is 18.9 Å². The van der Waals surface area contributed by atoms with Crippen molar-refractivity contribution in [2.75, 3.05) is 11.1 Å². The van der Waals surface area contributed by atoms with Crippen LogP contribution in [0.25, 0.3) is 0 Å². The summed E-state index contributed by atoms with van der Waals surface area (Å²) in [4.78, 5) is 24.0. The first-order valence-corrected chi connectivity index (χ1v) is 7.33. The highest BCUT2D eigenvalue weighted by Gasteiger charge is 2.12. The summed E-state index contributed by atoms with van der Waals surface area (Å²) in [5.74, 6) is -0.512. The second-order valence-corrected chi connectivity index (χ2v) is 5.15. The van der Waals surface area contributed by atoms with Crippen LogP contribution in [0.2, 0.25) is 0 Å². The summed E-state index contributed by atoms with van der Waals surface area (Å²) >= 11 is 0. The molecular weight excluding hydrogens is 327 g/mol. The molecule has 3 N–H and O–H groups in total. The summed E-state index contributed by atoms with van der Waals surface area (Å²) in [7, 11) is 1.74. The Kier molecular flexibility index (Phi) is 4.55. The maximum absolute atomic E-state index is 12.9. The number of aromatic nitrogens is 4. The van der Waals surface area contributed by atoms with Crippen LogP contribution in [0.15, 0.2) is 42.6 Å². The van der Waals surface area contributed by atoms with E-state index in [1.54, 1.807) is 29.9 Å². The topological polar surface area (TPSA) is 108 Å². The maximum atomic E-state index is 12.9. The Labute approximate surface area is 142 Å². The smallest absolute Gasteiger partial charge is 0.355 e. The van der Waals surface area contributed by atoms with Gasteiger partial charge in [0.15, 0.2) is 12.4 Å². The first-order valence-electron chi connectivity index (χ1n) is 7.33. The van der Waals surface area contributed by atoms with Crippen molar-refractivity contribution < 1.29 is 13.9 Å². The summed E-state index contributed by atoms with van der Waals surface area (Å²) < 4.78 is 19.8. The molecular formula is C16H15FN6O2. The van der Waals surface area contributed by atoms with Crippen molar-refractivity contribution in [3.8, 4) is 0 Å². The fourth-order valence-electron chi connectivity index (χ4n) is 2.10. The number of anilines is 3. The number of nitrogen functional groups attached to an aromatic ring is 1. The van der Waals surface area contributed by atoms with E-state index in [1.165, 1.54) is 24.3 Å². The van der Waals surface area contributed by atoms with Gasteiger partial charge in [0.1, 0.15) is 11.5 Å². The number of esters is 1. The van der Waals surface area contributed by atoms with Gasteiger partial charge >= 0.3 is 5.97 Å². The number of aryl methyl sites for hydroxylation is 1. The van der Waals surface area contributed by atoms with Gasteiger partial charge < -0.3 is 20.4 Å². The molecule has 2 aromatic heterocycles. The molecule has 9 heteroatoms. The van der Waals surface area contributed by atoms with Gasteiger partial charge in [-0.15, -0.1) is 0 Å². The Morgan fingerprint density at radius 1 is 1.24 bits per heavy atom. The number of carbonyl (C=O) groups is 1. The highest BCUT2D eigenvalue weighted by molar-refractivity contribution is 5.87. The molecule has 0 fully saturated rings. The first kappa shape index (κ1) is 16.4. The molecule has 0 unspecified atom stereocenters. The number of halogens is 1. The summed E-state index contributed by atoms with van der Waals surface area (Å²) in [6.07, 6.45) is 1.74. The molecule has 8 nitrogen and oxygen atoms in total. The maximum Gasteiger partial charge on any atom is 0.355 e. The Balaban J connectivity index is 1.70. The van der Waals surface area contributed by atoms with E-state index in [4.69, 9.17) is 10.5 Å². The Hall–Kier alpha value is -3.49. The van der Waals surface area contributed by atoms with Crippen LogP contribution < -0.4 is 11.1 Å². The molecule has 0 aliphatic heterocycles. The lowest BCUT2D eigenvalue weighted by Crippen LogP contribution is -2.13. The van der Waals surface area contributed by atoms with Crippen LogP contribution in [-0.2, 0) is 18.4 Å². The molecule has 0 aliphatic rings. The monoisotopic (exact) mass is 342 g/mol. The highest BCUT2D eigenvalue weighted by Crippen LogP contribution is 2.14. The number of hydrogen-bond acceptors (Lipinski definition) is 7. The Morgan fingerprint density at radius 2 is 2.00 bits per heavy atom. The SMILES string of the molecule is Cn1cccc1C(=O)OCc1nc(N)nc(Nc2ccc(F)cc2)n1. The average molecular weight is 342 g/mol. The zero-order chi connectivity index (χ0) is 17.8. The zero-order valence-corrected chi connectivity index (χ0v) is 13.3. The van der Waals surface area contributed by atoms with E-state index < -0.39 is 5.97 Å². The lowest BCUT2D eigenvalue weighted by Gasteiger charge is -2.08. The van der Waals surface area contributed by atoms with Gasteiger partial charge in [0.2, 0.25) is 11.9 Å². The normalized spacial score (nSPS) is 10.5. The molecule has 0 amide bonds. The van der Waals surface area contributed by atoms with Crippen LogP contribution in [0.1, 0.15) is 16.3 Å². The summed E-state index contributed by atoms with van der Waals surface area (Å²) in [6, 6.07) is 9.05. The van der Waals surface area contributed by atoms with Gasteiger partial charge in [-0.25, -0.2) is 9.18 Å². The van der Waals surface area contributed by atoms with Crippen LogP contribution in [0.4, 0.5) is 22.0 Å². The van der Waals surface area contributed by atoms with E-state index >= 15 is 0 Å². The number of rotatable bonds is 5. The molecule has 0 aliphatic carbocycles. The minimum atomic E-state index is -0.500. The number of nitrogens with two attached hydrogens (primary N) is 1. The van der Waals surface area contributed by atoms with Crippen LogP contribution in [0.3, 0.4) is 0 Å². The van der Waals surface area contributed by atoms with Gasteiger partial charge in [-0.05, 0) is 36.4 Å². The fourth-order valence-corrected chi connectivity index (χ4v) is 2.10. The van der Waals surface area contributed by atoms with E-state index in [1.807, 2.05) is 0 Å². The van der Waals surface area contributed by atoms with E-state index in [9.17, 15) is 9.18 Å². The first-order chi connectivity index (χ1) is 12.0. The van der Waals surface area contributed by atoms with Gasteiger partial charge in [-0.1, -0.05) is 0 Å². The van der Waals surface area contributed by atoms with E-state index in [0.717, 1.165) is 0 Å². The van der Waals surface area contributed by atoms with Crippen molar-refractivity contribution in [3.63, 3.8) is 0 Å². The summed E-state index contributed by atoms with van der Waals surface area (Å²) in [5, 5.41) is 2.88. The quantitative estimate of drug-likeness (QED) is 0.683. The largest absolute Gasteiger partial charge is 0.453 e. The molecule has 0 saturated heterocycles. The lowest BCUT2D eigenvalue weighted by atomic mass is 10.3. The molecule has 128 valence electrons. The summed E-state index contributed by atoms with van der Waals surface area (Å²) in [6.45, 7) is -0.158. The van der Waals surface area contributed by atoms with Crippen molar-refractivity contribution in [2.45, 2.75) is 6.61 Å². The predicted molar refractivity (Wildman–Crippen MR) is 88.5 cm³/mol. The molecule has 0 bridgehead atoms. The summed E-state index contributed by atoms with van der Waals surface area (Å²) in [5.41, 5.74) is 6.65. The molecule has 0 saturated carbocycles. The van der Waals surface area contributed by atoms with Gasteiger partial charge in [0.25, 0.3) is 0 Å². The van der Waals surface area contributed by atoms with Crippen LogP contribution >= 0.6 is 0 Å². The number of ether oxygens (including phenoxy) is 1. The Bertz CT molecular complexity index is 894. The molecule has 3 aromatic rings. The number of hydrogen-bond donors (Lipinski definition) is 2. The minimum absolute atomic E-state index is 0.0236.